The number of fused-ring (bicyclic) bond motifs is 1. The van der Waals surface area contributed by atoms with Crippen molar-refractivity contribution in [1.82, 2.24) is 15.3 Å². The maximum absolute atomic E-state index is 5.10. The predicted octanol–water partition coefficient (Wildman–Crippen LogP) is 3.09. The van der Waals surface area contributed by atoms with Crippen LogP contribution in [0.15, 0.2) is 65.4 Å². The van der Waals surface area contributed by atoms with E-state index in [1.807, 2.05) is 31.4 Å². The van der Waals surface area contributed by atoms with Crippen molar-refractivity contribution >= 4 is 22.9 Å². The zero-order valence-corrected chi connectivity index (χ0v) is 14.0. The largest absolute Gasteiger partial charge is 0.352 e. The van der Waals surface area contributed by atoms with E-state index in [2.05, 4.69) is 44.2 Å². The fourth-order valence-corrected chi connectivity index (χ4v) is 3.61. The highest BCUT2D eigenvalue weighted by atomic mass is 32.1. The first kappa shape index (κ1) is 15.0. The van der Waals surface area contributed by atoms with Gasteiger partial charge in [-0.2, -0.15) is 0 Å². The summed E-state index contributed by atoms with van der Waals surface area (Å²) in [4.78, 5) is 15.0. The lowest BCUT2D eigenvalue weighted by atomic mass is 10.1. The number of thiophene rings is 1. The second-order valence-corrected chi connectivity index (χ2v) is 6.44. The van der Waals surface area contributed by atoms with E-state index in [9.17, 15) is 0 Å². The highest BCUT2D eigenvalue weighted by molar-refractivity contribution is 7.12. The molecule has 3 aromatic heterocycles. The Balaban J connectivity index is 1.90. The normalized spacial score (nSPS) is 19.8. The molecule has 1 aliphatic heterocycles. The topological polar surface area (TPSA) is 62.2 Å². The summed E-state index contributed by atoms with van der Waals surface area (Å²) in [6.07, 6.45) is 5.38. The molecule has 1 aliphatic rings. The maximum atomic E-state index is 5.10. The smallest absolute Gasteiger partial charge is 0.136 e. The van der Waals surface area contributed by atoms with Gasteiger partial charge >= 0.3 is 0 Å². The zero-order chi connectivity index (χ0) is 16.4. The zero-order valence-electron chi connectivity index (χ0n) is 13.2. The average molecular weight is 335 g/mol. The first-order valence-electron chi connectivity index (χ1n) is 7.77. The fourth-order valence-electron chi connectivity index (χ4n) is 2.88. The van der Waals surface area contributed by atoms with Crippen molar-refractivity contribution < 1.29 is 0 Å². The van der Waals surface area contributed by atoms with Gasteiger partial charge in [-0.1, -0.05) is 12.1 Å². The second-order valence-electron chi connectivity index (χ2n) is 5.50. The van der Waals surface area contributed by atoms with Gasteiger partial charge < -0.3 is 5.32 Å². The number of anilines is 1. The van der Waals surface area contributed by atoms with Gasteiger partial charge in [-0.3, -0.25) is 15.3 Å². The van der Waals surface area contributed by atoms with Gasteiger partial charge in [-0.15, -0.1) is 11.3 Å². The summed E-state index contributed by atoms with van der Waals surface area (Å²) in [6, 6.07) is 12.1. The summed E-state index contributed by atoms with van der Waals surface area (Å²) in [6.45, 7) is 0. The molecule has 0 fully saturated rings. The van der Waals surface area contributed by atoms with Crippen molar-refractivity contribution in [3.8, 4) is 0 Å². The van der Waals surface area contributed by atoms with E-state index in [-0.39, 0.29) is 12.2 Å². The van der Waals surface area contributed by atoms with E-state index in [4.69, 9.17) is 4.99 Å². The highest BCUT2D eigenvalue weighted by Crippen LogP contribution is 2.31. The molecular weight excluding hydrogens is 318 g/mol. The first-order chi connectivity index (χ1) is 11.9. The molecular formula is C18H17N5S. The number of hydrogen-bond donors (Lipinski definition) is 2. The number of aliphatic imine (C=N–C) groups is 1. The number of nitrogens with one attached hydrogen (secondary N) is 2. The Morgan fingerprint density at radius 1 is 1.12 bits per heavy atom. The van der Waals surface area contributed by atoms with Crippen molar-refractivity contribution in [1.29, 1.82) is 0 Å². The molecule has 0 saturated heterocycles. The van der Waals surface area contributed by atoms with Gasteiger partial charge in [-0.25, -0.2) is 4.98 Å². The molecule has 5 nitrogen and oxygen atoms in total. The van der Waals surface area contributed by atoms with Gasteiger partial charge in [-0.05, 0) is 42.3 Å². The van der Waals surface area contributed by atoms with Gasteiger partial charge in [0.2, 0.25) is 0 Å². The Hall–Kier alpha value is -2.57. The summed E-state index contributed by atoms with van der Waals surface area (Å²) in [5.74, 6) is 0.843. The standard InChI is InChI=1S/C18H17N5S/c1-19-18-15(12-5-2-8-20-11-12)22-16(14-7-4-10-24-14)13-6-3-9-21-17(13)23-18/h2-11,15,18-19H,1H3,(H,21,23). The van der Waals surface area contributed by atoms with E-state index in [1.165, 1.54) is 0 Å². The lowest BCUT2D eigenvalue weighted by molar-refractivity contribution is 0.521. The average Bonchev–Trinajstić information content (AvgIpc) is 3.11. The summed E-state index contributed by atoms with van der Waals surface area (Å²) in [5, 5.41) is 8.88. The minimum atomic E-state index is -0.102. The third-order valence-electron chi connectivity index (χ3n) is 4.03. The lowest BCUT2D eigenvalue weighted by Gasteiger charge is -2.23. The van der Waals surface area contributed by atoms with Gasteiger partial charge in [0, 0.05) is 24.2 Å². The summed E-state index contributed by atoms with van der Waals surface area (Å²) < 4.78 is 0. The molecule has 0 aliphatic carbocycles. The summed E-state index contributed by atoms with van der Waals surface area (Å²) >= 11 is 1.69. The lowest BCUT2D eigenvalue weighted by Crippen LogP contribution is -2.38. The van der Waals surface area contributed by atoms with Crippen LogP contribution in [0.1, 0.15) is 22.0 Å². The molecule has 0 saturated carbocycles. The highest BCUT2D eigenvalue weighted by Gasteiger charge is 2.28. The number of pyridine rings is 2. The molecule has 4 rings (SSSR count). The Bertz CT molecular complexity index is 845. The molecule has 24 heavy (non-hydrogen) atoms. The molecule has 4 heterocycles. The van der Waals surface area contributed by atoms with Gasteiger partial charge in [0.05, 0.1) is 10.6 Å². The monoisotopic (exact) mass is 335 g/mol. The number of likely N-dealkylation sites (N-methyl/N-ethyl adjacent to an activating group) is 1. The Morgan fingerprint density at radius 3 is 2.79 bits per heavy atom. The van der Waals surface area contributed by atoms with E-state index in [0.717, 1.165) is 27.5 Å². The Kier molecular flexibility index (Phi) is 4.06. The quantitative estimate of drug-likeness (QED) is 0.772. The third-order valence-corrected chi connectivity index (χ3v) is 4.91. The molecule has 3 aromatic rings. The maximum Gasteiger partial charge on any atom is 0.136 e. The first-order valence-corrected chi connectivity index (χ1v) is 8.65. The van der Waals surface area contributed by atoms with Crippen LogP contribution in [0.5, 0.6) is 0 Å². The van der Waals surface area contributed by atoms with E-state index in [0.29, 0.717) is 0 Å². The minimum Gasteiger partial charge on any atom is -0.352 e. The number of aromatic nitrogens is 2. The van der Waals surface area contributed by atoms with Crippen molar-refractivity contribution in [2.45, 2.75) is 12.2 Å². The SMILES string of the molecule is CNC1Nc2ncccc2C(c2cccs2)=NC1c1cccnc1. The number of hydrogen-bond acceptors (Lipinski definition) is 6. The van der Waals surface area contributed by atoms with Crippen molar-refractivity contribution in [3.63, 3.8) is 0 Å². The van der Waals surface area contributed by atoms with Crippen molar-refractivity contribution in [2.75, 3.05) is 12.4 Å². The predicted molar refractivity (Wildman–Crippen MR) is 97.6 cm³/mol. The molecule has 2 N–H and O–H groups in total. The van der Waals surface area contributed by atoms with Crippen LogP contribution in [-0.4, -0.2) is 28.9 Å². The van der Waals surface area contributed by atoms with Crippen LogP contribution in [0.3, 0.4) is 0 Å². The van der Waals surface area contributed by atoms with Crippen molar-refractivity contribution in [3.05, 3.63) is 76.4 Å². The van der Waals surface area contributed by atoms with Crippen LogP contribution in [0.2, 0.25) is 0 Å². The minimum absolute atomic E-state index is 0.0692. The molecule has 120 valence electrons. The summed E-state index contributed by atoms with van der Waals surface area (Å²) in [5.41, 5.74) is 3.05. The Morgan fingerprint density at radius 2 is 2.04 bits per heavy atom. The molecule has 6 heteroatoms. The van der Waals surface area contributed by atoms with Crippen LogP contribution in [-0.2, 0) is 0 Å². The van der Waals surface area contributed by atoms with Crippen molar-refractivity contribution in [2.24, 2.45) is 4.99 Å². The van der Waals surface area contributed by atoms with Gasteiger partial charge in [0.15, 0.2) is 0 Å². The Labute approximate surface area is 144 Å². The molecule has 2 unspecified atom stereocenters. The van der Waals surface area contributed by atoms with Crippen LogP contribution in [0.25, 0.3) is 0 Å². The van der Waals surface area contributed by atoms with Gasteiger partial charge in [0.25, 0.3) is 0 Å². The summed E-state index contributed by atoms with van der Waals surface area (Å²) in [7, 11) is 1.93. The van der Waals surface area contributed by atoms with E-state index >= 15 is 0 Å². The number of rotatable bonds is 3. The molecule has 0 spiro atoms. The molecule has 2 atom stereocenters. The van der Waals surface area contributed by atoms with Gasteiger partial charge in [0.1, 0.15) is 18.0 Å². The molecule has 0 aromatic carbocycles. The van der Waals surface area contributed by atoms with Crippen LogP contribution in [0, 0.1) is 0 Å². The third kappa shape index (κ3) is 2.70. The van der Waals surface area contributed by atoms with E-state index < -0.39 is 0 Å². The van der Waals surface area contributed by atoms with Crippen LogP contribution in [0.4, 0.5) is 5.82 Å². The second kappa shape index (κ2) is 6.51. The number of nitrogens with zero attached hydrogens (tertiary/aromatic N) is 3. The van der Waals surface area contributed by atoms with Crippen LogP contribution >= 0.6 is 11.3 Å². The molecule has 0 bridgehead atoms. The van der Waals surface area contributed by atoms with E-state index in [1.54, 1.807) is 23.7 Å². The van der Waals surface area contributed by atoms with Crippen LogP contribution < -0.4 is 10.6 Å². The molecule has 0 amide bonds. The fraction of sp³-hybridized carbons (Fsp3) is 0.167. The molecule has 0 radical (unpaired) electrons.